The minimum atomic E-state index is 0.224. The van der Waals surface area contributed by atoms with E-state index in [0.717, 1.165) is 66.9 Å². The van der Waals surface area contributed by atoms with Gasteiger partial charge in [-0.05, 0) is 74.6 Å². The van der Waals surface area contributed by atoms with Crippen LogP contribution in [0.2, 0.25) is 5.02 Å². The fraction of sp³-hybridized carbons (Fsp3) is 0.481. The van der Waals surface area contributed by atoms with Crippen LogP contribution in [0.4, 0.5) is 11.7 Å². The summed E-state index contributed by atoms with van der Waals surface area (Å²) in [7, 11) is 0. The second-order valence-corrected chi connectivity index (χ2v) is 10.4. The molecule has 2 aromatic carbocycles. The van der Waals surface area contributed by atoms with Gasteiger partial charge in [0.25, 0.3) is 6.01 Å². The van der Waals surface area contributed by atoms with Gasteiger partial charge in [-0.1, -0.05) is 30.5 Å². The summed E-state index contributed by atoms with van der Waals surface area (Å²) in [6, 6.07) is 10.6. The number of halogens is 1. The molecule has 1 aliphatic heterocycles. The Bertz CT molecular complexity index is 1200. The monoisotopic (exact) mass is 480 g/mol. The molecule has 7 heteroatoms. The molecule has 0 unspecified atom stereocenters. The average Bonchev–Trinajstić information content (AvgIpc) is 3.46. The predicted octanol–water partition coefficient (Wildman–Crippen LogP) is 6.06. The van der Waals surface area contributed by atoms with Crippen molar-refractivity contribution in [2.45, 2.75) is 59.0 Å². The summed E-state index contributed by atoms with van der Waals surface area (Å²) in [5, 5.41) is 4.01. The van der Waals surface area contributed by atoms with E-state index in [1.165, 1.54) is 18.4 Å². The SMILES string of the molecule is Cc1ccc2oc(Nc3cc(Cl)cc(CN4CCN(C(=O)C5CCCC5)[C@@H](C)C4)c3C)nc2c1. The average molecular weight is 481 g/mol. The minimum absolute atomic E-state index is 0.224. The number of amides is 1. The maximum Gasteiger partial charge on any atom is 0.300 e. The van der Waals surface area contributed by atoms with E-state index < -0.39 is 0 Å². The van der Waals surface area contributed by atoms with Crippen molar-refractivity contribution >= 4 is 40.3 Å². The molecule has 2 aliphatic rings. The van der Waals surface area contributed by atoms with Gasteiger partial charge in [0.1, 0.15) is 5.52 Å². The normalized spacial score (nSPS) is 19.8. The van der Waals surface area contributed by atoms with Crippen molar-refractivity contribution in [1.29, 1.82) is 0 Å². The third-order valence-electron chi connectivity index (χ3n) is 7.36. The van der Waals surface area contributed by atoms with Gasteiger partial charge in [-0.25, -0.2) is 0 Å². The Morgan fingerprint density at radius 1 is 1.18 bits per heavy atom. The second-order valence-electron chi connectivity index (χ2n) is 9.95. The first-order valence-electron chi connectivity index (χ1n) is 12.3. The molecule has 1 atom stereocenters. The van der Waals surface area contributed by atoms with Crippen LogP contribution in [0.5, 0.6) is 0 Å². The first-order chi connectivity index (χ1) is 16.4. The van der Waals surface area contributed by atoms with Crippen LogP contribution in [0, 0.1) is 19.8 Å². The zero-order valence-electron chi connectivity index (χ0n) is 20.2. The van der Waals surface area contributed by atoms with E-state index in [4.69, 9.17) is 16.0 Å². The lowest BCUT2D eigenvalue weighted by Crippen LogP contribution is -2.54. The lowest BCUT2D eigenvalue weighted by atomic mass is 10.0. The van der Waals surface area contributed by atoms with E-state index in [-0.39, 0.29) is 12.0 Å². The van der Waals surface area contributed by atoms with Crippen molar-refractivity contribution < 1.29 is 9.21 Å². The number of nitrogens with one attached hydrogen (secondary N) is 1. The highest BCUT2D eigenvalue weighted by atomic mass is 35.5. The number of anilines is 2. The molecule has 0 spiro atoms. The van der Waals surface area contributed by atoms with E-state index in [2.05, 4.69) is 33.9 Å². The van der Waals surface area contributed by atoms with E-state index in [1.807, 2.05) is 37.3 Å². The molecule has 1 aliphatic carbocycles. The maximum absolute atomic E-state index is 12.9. The van der Waals surface area contributed by atoms with Gasteiger partial charge in [-0.15, -0.1) is 0 Å². The molecule has 1 aromatic heterocycles. The van der Waals surface area contributed by atoms with Gasteiger partial charge < -0.3 is 14.6 Å². The Balaban J connectivity index is 1.28. The molecule has 1 saturated heterocycles. The third kappa shape index (κ3) is 4.80. The molecule has 3 aromatic rings. The van der Waals surface area contributed by atoms with Gasteiger partial charge in [-0.2, -0.15) is 4.98 Å². The predicted molar refractivity (Wildman–Crippen MR) is 137 cm³/mol. The molecule has 5 rings (SSSR count). The van der Waals surface area contributed by atoms with Crippen LogP contribution in [-0.4, -0.2) is 46.4 Å². The number of carbonyl (C=O) groups excluding carboxylic acids is 1. The molecule has 180 valence electrons. The molecular formula is C27H33ClN4O2. The van der Waals surface area contributed by atoms with Crippen molar-refractivity contribution in [3.05, 3.63) is 52.0 Å². The van der Waals surface area contributed by atoms with E-state index >= 15 is 0 Å². The summed E-state index contributed by atoms with van der Waals surface area (Å²) in [4.78, 5) is 22.1. The summed E-state index contributed by atoms with van der Waals surface area (Å²) in [6.45, 7) is 9.66. The number of fused-ring (bicyclic) bond motifs is 1. The molecule has 0 bridgehead atoms. The molecule has 34 heavy (non-hydrogen) atoms. The lowest BCUT2D eigenvalue weighted by molar-refractivity contribution is -0.140. The largest absolute Gasteiger partial charge is 0.423 e. The highest BCUT2D eigenvalue weighted by Gasteiger charge is 2.33. The Labute approximate surface area is 206 Å². The lowest BCUT2D eigenvalue weighted by Gasteiger charge is -2.41. The minimum Gasteiger partial charge on any atom is -0.423 e. The number of piperazine rings is 1. The Morgan fingerprint density at radius 2 is 1.97 bits per heavy atom. The first kappa shape index (κ1) is 23.2. The standard InChI is InChI=1S/C27H33ClN4O2/c1-17-8-9-25-24(12-17)30-27(34-25)29-23-14-22(28)13-21(19(23)3)16-31-10-11-32(18(2)15-31)26(33)20-6-4-5-7-20/h8-9,12-14,18,20H,4-7,10-11,15-16H2,1-3H3,(H,29,30)/t18-/m0/s1. The fourth-order valence-corrected chi connectivity index (χ4v) is 5.63. The number of hydrogen-bond acceptors (Lipinski definition) is 5. The van der Waals surface area contributed by atoms with Gasteiger partial charge in [0.05, 0.1) is 0 Å². The summed E-state index contributed by atoms with van der Waals surface area (Å²) in [5.74, 6) is 0.609. The van der Waals surface area contributed by atoms with Gasteiger partial charge in [0.15, 0.2) is 5.58 Å². The van der Waals surface area contributed by atoms with Gasteiger partial charge in [0, 0.05) is 48.8 Å². The van der Waals surface area contributed by atoms with E-state index in [0.29, 0.717) is 16.9 Å². The Kier molecular flexibility index (Phi) is 6.54. The molecular weight excluding hydrogens is 448 g/mol. The van der Waals surface area contributed by atoms with E-state index in [1.54, 1.807) is 0 Å². The smallest absolute Gasteiger partial charge is 0.300 e. The number of hydrogen-bond donors (Lipinski definition) is 1. The van der Waals surface area contributed by atoms with Crippen LogP contribution in [0.25, 0.3) is 11.1 Å². The van der Waals surface area contributed by atoms with Crippen molar-refractivity contribution in [3.63, 3.8) is 0 Å². The van der Waals surface area contributed by atoms with Crippen molar-refractivity contribution in [3.8, 4) is 0 Å². The molecule has 2 fully saturated rings. The first-order valence-corrected chi connectivity index (χ1v) is 12.7. The number of rotatable bonds is 5. The van der Waals surface area contributed by atoms with Crippen LogP contribution in [0.3, 0.4) is 0 Å². The number of aromatic nitrogens is 1. The Morgan fingerprint density at radius 3 is 2.74 bits per heavy atom. The molecule has 0 radical (unpaired) electrons. The van der Waals surface area contributed by atoms with Crippen LogP contribution >= 0.6 is 11.6 Å². The third-order valence-corrected chi connectivity index (χ3v) is 7.58. The number of aryl methyl sites for hydroxylation is 1. The van der Waals surface area contributed by atoms with E-state index in [9.17, 15) is 4.79 Å². The highest BCUT2D eigenvalue weighted by molar-refractivity contribution is 6.31. The molecule has 6 nitrogen and oxygen atoms in total. The van der Waals surface area contributed by atoms with Crippen LogP contribution in [0.1, 0.15) is 49.3 Å². The zero-order valence-corrected chi connectivity index (χ0v) is 21.0. The molecule has 2 heterocycles. The fourth-order valence-electron chi connectivity index (χ4n) is 5.39. The van der Waals surface area contributed by atoms with Gasteiger partial charge in [0.2, 0.25) is 5.91 Å². The topological polar surface area (TPSA) is 61.6 Å². The van der Waals surface area contributed by atoms with Gasteiger partial charge >= 0.3 is 0 Å². The number of carbonyl (C=O) groups is 1. The molecule has 1 saturated carbocycles. The number of benzene rings is 2. The number of oxazole rings is 1. The van der Waals surface area contributed by atoms with Crippen molar-refractivity contribution in [2.24, 2.45) is 5.92 Å². The summed E-state index contributed by atoms with van der Waals surface area (Å²) in [6.07, 6.45) is 4.50. The number of nitrogens with zero attached hydrogens (tertiary/aromatic N) is 3. The quantitative estimate of drug-likeness (QED) is 0.480. The molecule has 1 N–H and O–H groups in total. The molecule has 1 amide bonds. The summed E-state index contributed by atoms with van der Waals surface area (Å²) >= 11 is 6.51. The van der Waals surface area contributed by atoms with Crippen molar-refractivity contribution in [1.82, 2.24) is 14.8 Å². The van der Waals surface area contributed by atoms with Gasteiger partial charge in [-0.3, -0.25) is 9.69 Å². The summed E-state index contributed by atoms with van der Waals surface area (Å²) < 4.78 is 5.89. The van der Waals surface area contributed by atoms with Crippen LogP contribution in [0.15, 0.2) is 34.7 Å². The Hall–Kier alpha value is -2.57. The highest BCUT2D eigenvalue weighted by Crippen LogP contribution is 2.31. The van der Waals surface area contributed by atoms with Crippen LogP contribution in [-0.2, 0) is 11.3 Å². The maximum atomic E-state index is 12.9. The summed E-state index contributed by atoms with van der Waals surface area (Å²) in [5.41, 5.74) is 5.93. The second kappa shape index (κ2) is 9.59. The van der Waals surface area contributed by atoms with Crippen LogP contribution < -0.4 is 5.32 Å². The zero-order chi connectivity index (χ0) is 23.8. The van der Waals surface area contributed by atoms with Crippen molar-refractivity contribution in [2.75, 3.05) is 25.0 Å².